The Morgan fingerprint density at radius 2 is 1.96 bits per heavy atom. The number of hydrogen-bond acceptors (Lipinski definition) is 4. The van der Waals surface area contributed by atoms with Crippen LogP contribution in [0.15, 0.2) is 30.4 Å². The Hall–Kier alpha value is -2.36. The van der Waals surface area contributed by atoms with E-state index < -0.39 is 36.2 Å². The van der Waals surface area contributed by atoms with E-state index in [1.54, 1.807) is 19.1 Å². The molecule has 1 aliphatic rings. The van der Waals surface area contributed by atoms with Crippen LogP contribution in [0, 0.1) is 22.9 Å². The predicted molar refractivity (Wildman–Crippen MR) is 87.8 cm³/mol. The molecule has 0 saturated carbocycles. The van der Waals surface area contributed by atoms with Gasteiger partial charge in [-0.1, -0.05) is 19.9 Å². The van der Waals surface area contributed by atoms with Crippen molar-refractivity contribution in [2.45, 2.75) is 39.0 Å². The Morgan fingerprint density at radius 3 is 2.50 bits per heavy atom. The van der Waals surface area contributed by atoms with Crippen LogP contribution in [0.2, 0.25) is 12.1 Å². The standard InChI is InChI=1S/C15H14BF2NO3.C2H6/c1-2-21-15(20)14-13(4-3-5-16(14)9-19)22-12-7-10(17)6-11(18)8-12;1-2/h3-4,6-8,13-14H,2,5H2,1H3;1-2H3. The molecular formula is C17H20BF2NO3. The number of ether oxygens (including phenoxy) is 2. The lowest BCUT2D eigenvalue weighted by molar-refractivity contribution is -0.144. The summed E-state index contributed by atoms with van der Waals surface area (Å²) in [5.41, 5.74) is 0. The van der Waals surface area contributed by atoms with Crippen LogP contribution in [-0.4, -0.2) is 25.4 Å². The van der Waals surface area contributed by atoms with E-state index in [0.717, 1.165) is 18.2 Å². The molecule has 0 aliphatic carbocycles. The highest BCUT2D eigenvalue weighted by molar-refractivity contribution is 6.72. The molecule has 24 heavy (non-hydrogen) atoms. The van der Waals surface area contributed by atoms with Crippen molar-refractivity contribution in [2.24, 2.45) is 0 Å². The molecule has 0 aromatic heterocycles. The van der Waals surface area contributed by atoms with E-state index in [1.165, 1.54) is 0 Å². The molecular weight excluding hydrogens is 315 g/mol. The van der Waals surface area contributed by atoms with Crippen molar-refractivity contribution < 1.29 is 23.0 Å². The van der Waals surface area contributed by atoms with E-state index in [0.29, 0.717) is 6.32 Å². The molecule has 1 aromatic rings. The highest BCUT2D eigenvalue weighted by atomic mass is 19.1. The van der Waals surface area contributed by atoms with Gasteiger partial charge in [-0.05, 0) is 19.3 Å². The Balaban J connectivity index is 0.00000139. The maximum atomic E-state index is 13.2. The molecule has 2 rings (SSSR count). The minimum atomic E-state index is -0.832. The van der Waals surface area contributed by atoms with Crippen LogP contribution in [-0.2, 0) is 9.53 Å². The molecule has 7 heteroatoms. The minimum absolute atomic E-state index is 0.0416. The maximum absolute atomic E-state index is 13.2. The Labute approximate surface area is 141 Å². The Bertz CT molecular complexity index is 611. The highest BCUT2D eigenvalue weighted by Gasteiger charge is 2.42. The van der Waals surface area contributed by atoms with Gasteiger partial charge >= 0.3 is 5.97 Å². The largest absolute Gasteiger partial charge is 0.486 e. The maximum Gasteiger partial charge on any atom is 0.306 e. The molecule has 0 spiro atoms. The van der Waals surface area contributed by atoms with Crippen LogP contribution in [0.4, 0.5) is 8.78 Å². The van der Waals surface area contributed by atoms with E-state index in [9.17, 15) is 18.8 Å². The summed E-state index contributed by atoms with van der Waals surface area (Å²) in [4.78, 5) is 12.1. The van der Waals surface area contributed by atoms with Crippen molar-refractivity contribution in [1.82, 2.24) is 0 Å². The third-order valence-corrected chi connectivity index (χ3v) is 3.34. The minimum Gasteiger partial charge on any atom is -0.486 e. The van der Waals surface area contributed by atoms with Gasteiger partial charge in [0.1, 0.15) is 23.5 Å². The van der Waals surface area contributed by atoms with Crippen molar-refractivity contribution in [3.63, 3.8) is 0 Å². The first kappa shape index (κ1) is 19.7. The average molecular weight is 335 g/mol. The topological polar surface area (TPSA) is 59.3 Å². The molecule has 2 unspecified atom stereocenters. The van der Waals surface area contributed by atoms with Crippen molar-refractivity contribution in [3.05, 3.63) is 42.0 Å². The van der Waals surface area contributed by atoms with Gasteiger partial charge in [0.05, 0.1) is 12.4 Å². The number of rotatable bonds is 4. The van der Waals surface area contributed by atoms with Crippen LogP contribution >= 0.6 is 0 Å². The second-order valence-corrected chi connectivity index (χ2v) is 4.86. The lowest BCUT2D eigenvalue weighted by Crippen LogP contribution is -2.40. The lowest BCUT2D eigenvalue weighted by atomic mass is 9.37. The summed E-state index contributed by atoms with van der Waals surface area (Å²) >= 11 is 0. The van der Waals surface area contributed by atoms with E-state index in [1.807, 2.05) is 13.8 Å². The molecule has 4 nitrogen and oxygen atoms in total. The summed E-state index contributed by atoms with van der Waals surface area (Å²) in [6.07, 6.45) is 2.91. The molecule has 128 valence electrons. The zero-order chi connectivity index (χ0) is 18.1. The van der Waals surface area contributed by atoms with Gasteiger partial charge < -0.3 is 9.47 Å². The van der Waals surface area contributed by atoms with E-state index in [2.05, 4.69) is 5.97 Å². The molecule has 0 amide bonds. The number of carbonyl (C=O) groups excluding carboxylic acids is 1. The first-order valence-electron chi connectivity index (χ1n) is 7.90. The number of nitriles is 1. The average Bonchev–Trinajstić information content (AvgIpc) is 2.55. The summed E-state index contributed by atoms with van der Waals surface area (Å²) in [7, 11) is 0. The van der Waals surface area contributed by atoms with Crippen LogP contribution < -0.4 is 4.74 Å². The SMILES string of the molecule is CC.CCOC(=O)C1B(C#N)CC=CC1Oc1cc(F)cc(F)c1. The van der Waals surface area contributed by atoms with Gasteiger partial charge in [-0.25, -0.2) is 14.0 Å². The molecule has 0 fully saturated rings. The van der Waals surface area contributed by atoms with E-state index in [-0.39, 0.29) is 12.4 Å². The predicted octanol–water partition coefficient (Wildman–Crippen LogP) is 3.80. The van der Waals surface area contributed by atoms with Crippen LogP contribution in [0.1, 0.15) is 20.8 Å². The fourth-order valence-corrected chi connectivity index (χ4v) is 2.39. The first-order valence-corrected chi connectivity index (χ1v) is 7.90. The number of hydrogen-bond donors (Lipinski definition) is 0. The van der Waals surface area contributed by atoms with E-state index in [4.69, 9.17) is 9.47 Å². The molecule has 0 N–H and O–H groups in total. The summed E-state index contributed by atoms with van der Waals surface area (Å²) in [6.45, 7) is 5.24. The first-order chi connectivity index (χ1) is 11.5. The Morgan fingerprint density at radius 1 is 1.33 bits per heavy atom. The highest BCUT2D eigenvalue weighted by Crippen LogP contribution is 2.30. The normalized spacial score (nSPS) is 18.9. The Kier molecular flexibility index (Phi) is 7.97. The molecule has 0 radical (unpaired) electrons. The van der Waals surface area contributed by atoms with Crippen LogP contribution in [0.5, 0.6) is 5.75 Å². The van der Waals surface area contributed by atoms with Crippen molar-refractivity contribution >= 4 is 12.7 Å². The molecule has 1 heterocycles. The van der Waals surface area contributed by atoms with Gasteiger partial charge in [0, 0.05) is 24.2 Å². The van der Waals surface area contributed by atoms with Gasteiger partial charge in [-0.15, -0.1) is 0 Å². The molecule has 0 bridgehead atoms. The molecule has 1 aliphatic heterocycles. The number of halogens is 2. The third-order valence-electron chi connectivity index (χ3n) is 3.34. The summed E-state index contributed by atoms with van der Waals surface area (Å²) in [5.74, 6) is -0.934. The van der Waals surface area contributed by atoms with Crippen molar-refractivity contribution in [1.29, 1.82) is 5.26 Å². The second-order valence-electron chi connectivity index (χ2n) is 4.86. The fourth-order valence-electron chi connectivity index (χ4n) is 2.39. The monoisotopic (exact) mass is 335 g/mol. The smallest absolute Gasteiger partial charge is 0.306 e. The third kappa shape index (κ3) is 5.09. The van der Waals surface area contributed by atoms with Gasteiger partial charge in [0.25, 0.3) is 6.71 Å². The number of nitrogens with zero attached hydrogens (tertiary/aromatic N) is 1. The van der Waals surface area contributed by atoms with Crippen LogP contribution in [0.3, 0.4) is 0 Å². The number of allylic oxidation sites excluding steroid dienone is 1. The quantitative estimate of drug-likeness (QED) is 0.477. The van der Waals surface area contributed by atoms with Gasteiger partial charge in [0.15, 0.2) is 0 Å². The van der Waals surface area contributed by atoms with Crippen molar-refractivity contribution in [3.8, 4) is 11.7 Å². The van der Waals surface area contributed by atoms with Gasteiger partial charge in [-0.2, -0.15) is 0 Å². The zero-order valence-electron chi connectivity index (χ0n) is 14.0. The molecule has 2 atom stereocenters. The van der Waals surface area contributed by atoms with Crippen molar-refractivity contribution in [2.75, 3.05) is 6.61 Å². The summed E-state index contributed by atoms with van der Waals surface area (Å²) in [6, 6.07) is 2.77. The summed E-state index contributed by atoms with van der Waals surface area (Å²) < 4.78 is 36.9. The lowest BCUT2D eigenvalue weighted by Gasteiger charge is -2.28. The summed E-state index contributed by atoms with van der Waals surface area (Å²) in [5, 5.41) is 9.18. The second kappa shape index (κ2) is 9.71. The van der Waals surface area contributed by atoms with Gasteiger partial charge in [-0.3, -0.25) is 4.79 Å². The van der Waals surface area contributed by atoms with E-state index >= 15 is 0 Å². The van der Waals surface area contributed by atoms with Gasteiger partial charge in [0.2, 0.25) is 0 Å². The fraction of sp³-hybridized carbons (Fsp3) is 0.412. The number of carbonyl (C=O) groups is 1. The zero-order valence-corrected chi connectivity index (χ0v) is 14.0. The van der Waals surface area contributed by atoms with Crippen LogP contribution in [0.25, 0.3) is 0 Å². The number of benzene rings is 1. The number of esters is 1. The molecule has 1 aromatic carbocycles. The molecule has 0 saturated heterocycles.